The van der Waals surface area contributed by atoms with Crippen LogP contribution in [0.1, 0.15) is 13.8 Å². The van der Waals surface area contributed by atoms with Gasteiger partial charge in [-0.25, -0.2) is 8.42 Å². The van der Waals surface area contributed by atoms with Gasteiger partial charge in [-0.1, -0.05) is 6.92 Å². The first kappa shape index (κ1) is 16.0. The maximum Gasteiger partial charge on any atom is 0.405 e. The van der Waals surface area contributed by atoms with Crippen molar-refractivity contribution in [1.29, 1.82) is 0 Å². The Morgan fingerprint density at radius 3 is 2.37 bits per heavy atom. The largest absolute Gasteiger partial charge is 0.405 e. The molecule has 110 valence electrons. The second kappa shape index (κ2) is 5.53. The van der Waals surface area contributed by atoms with Crippen molar-refractivity contribution in [2.45, 2.75) is 24.9 Å². The lowest BCUT2D eigenvalue weighted by atomic mass is 10.4. The zero-order chi connectivity index (χ0) is 14.8. The molecule has 0 saturated heterocycles. The summed E-state index contributed by atoms with van der Waals surface area (Å²) in [7, 11) is -3.71. The third-order valence-corrected chi connectivity index (χ3v) is 5.22. The third-order valence-electron chi connectivity index (χ3n) is 2.39. The number of aromatic nitrogens is 1. The third kappa shape index (κ3) is 3.72. The Kier molecular flexibility index (Phi) is 4.67. The molecule has 10 heteroatoms. The van der Waals surface area contributed by atoms with E-state index in [-0.39, 0.29) is 28.0 Å². The van der Waals surface area contributed by atoms with Crippen LogP contribution >= 0.6 is 11.5 Å². The Balaban J connectivity index is 3.28. The number of sulfone groups is 1. The van der Waals surface area contributed by atoms with Crippen LogP contribution in [-0.2, 0) is 9.84 Å². The van der Waals surface area contributed by atoms with Gasteiger partial charge in [-0.15, -0.1) is 0 Å². The van der Waals surface area contributed by atoms with Crippen molar-refractivity contribution >= 4 is 32.2 Å². The summed E-state index contributed by atoms with van der Waals surface area (Å²) in [6, 6.07) is 0. The van der Waals surface area contributed by atoms with Gasteiger partial charge in [0.15, 0.2) is 15.7 Å². The van der Waals surface area contributed by atoms with E-state index in [2.05, 4.69) is 4.37 Å². The van der Waals surface area contributed by atoms with Gasteiger partial charge in [-0.05, 0) is 18.5 Å². The summed E-state index contributed by atoms with van der Waals surface area (Å²) >= 11 is 0.664. The molecule has 1 heterocycles. The average molecular weight is 317 g/mol. The molecule has 2 N–H and O–H groups in total. The van der Waals surface area contributed by atoms with E-state index in [9.17, 15) is 21.6 Å². The minimum absolute atomic E-state index is 0.00732. The Morgan fingerprint density at radius 2 is 1.95 bits per heavy atom. The molecule has 0 saturated carbocycles. The van der Waals surface area contributed by atoms with Crippen molar-refractivity contribution in [3.63, 3.8) is 0 Å². The van der Waals surface area contributed by atoms with Crippen LogP contribution in [0.2, 0.25) is 0 Å². The van der Waals surface area contributed by atoms with E-state index in [4.69, 9.17) is 5.73 Å². The molecule has 0 aliphatic rings. The number of hydrogen-bond acceptors (Lipinski definition) is 6. The van der Waals surface area contributed by atoms with Gasteiger partial charge in [0.2, 0.25) is 0 Å². The van der Waals surface area contributed by atoms with E-state index >= 15 is 0 Å². The van der Waals surface area contributed by atoms with Gasteiger partial charge >= 0.3 is 6.18 Å². The van der Waals surface area contributed by atoms with E-state index in [1.807, 2.05) is 0 Å². The van der Waals surface area contributed by atoms with Gasteiger partial charge in [0.05, 0.1) is 5.75 Å². The fraction of sp³-hybridized carbons (Fsp3) is 0.667. The summed E-state index contributed by atoms with van der Waals surface area (Å²) in [5.74, 6) is -0.492. The summed E-state index contributed by atoms with van der Waals surface area (Å²) < 4.78 is 64.8. The molecule has 5 nitrogen and oxygen atoms in total. The molecule has 1 aromatic rings. The zero-order valence-corrected chi connectivity index (χ0v) is 12.0. The number of nitrogen functional groups attached to an aromatic ring is 1. The van der Waals surface area contributed by atoms with Gasteiger partial charge in [-0.3, -0.25) is 0 Å². The highest BCUT2D eigenvalue weighted by Gasteiger charge is 2.34. The SMILES string of the molecule is CCN(CC(F)(F)F)c1snc(N)c1S(=O)(=O)CC. The molecule has 0 bridgehead atoms. The van der Waals surface area contributed by atoms with Crippen molar-refractivity contribution in [2.75, 3.05) is 29.5 Å². The summed E-state index contributed by atoms with van der Waals surface area (Å²) in [4.78, 5) is 0.613. The number of hydrogen-bond donors (Lipinski definition) is 1. The van der Waals surface area contributed by atoms with Crippen LogP contribution in [0.4, 0.5) is 24.0 Å². The average Bonchev–Trinajstić information content (AvgIpc) is 2.67. The maximum atomic E-state index is 12.5. The summed E-state index contributed by atoms with van der Waals surface area (Å²) in [6.45, 7) is 1.67. The van der Waals surface area contributed by atoms with Gasteiger partial charge in [0.25, 0.3) is 0 Å². The van der Waals surface area contributed by atoms with Crippen molar-refractivity contribution in [3.8, 4) is 0 Å². The summed E-state index contributed by atoms with van der Waals surface area (Å²) in [6.07, 6.45) is -4.43. The highest BCUT2D eigenvalue weighted by Crippen LogP contribution is 2.36. The summed E-state index contributed by atoms with van der Waals surface area (Å²) in [5.41, 5.74) is 5.47. The van der Waals surface area contributed by atoms with Crippen molar-refractivity contribution in [3.05, 3.63) is 0 Å². The first-order chi connectivity index (χ1) is 8.62. The molecule has 0 fully saturated rings. The van der Waals surface area contributed by atoms with E-state index in [0.29, 0.717) is 11.5 Å². The van der Waals surface area contributed by atoms with Crippen molar-refractivity contribution in [1.82, 2.24) is 4.37 Å². The van der Waals surface area contributed by atoms with Crippen molar-refractivity contribution < 1.29 is 21.6 Å². The molecule has 19 heavy (non-hydrogen) atoms. The molecule has 0 atom stereocenters. The number of anilines is 2. The first-order valence-electron chi connectivity index (χ1n) is 5.42. The summed E-state index contributed by atoms with van der Waals surface area (Å²) in [5, 5.41) is -0.0563. The molecular formula is C9H14F3N3O2S2. The molecular weight excluding hydrogens is 303 g/mol. The number of rotatable bonds is 5. The van der Waals surface area contributed by atoms with Crippen LogP contribution in [0.15, 0.2) is 4.90 Å². The number of alkyl halides is 3. The monoisotopic (exact) mass is 317 g/mol. The molecule has 0 amide bonds. The van der Waals surface area contributed by atoms with Gasteiger partial charge in [0.1, 0.15) is 16.4 Å². The van der Waals surface area contributed by atoms with Crippen LogP contribution in [0.5, 0.6) is 0 Å². The number of halogens is 3. The maximum absolute atomic E-state index is 12.5. The Labute approximate surface area is 113 Å². The zero-order valence-electron chi connectivity index (χ0n) is 10.4. The van der Waals surface area contributed by atoms with E-state index < -0.39 is 22.6 Å². The predicted molar refractivity (Wildman–Crippen MR) is 68.2 cm³/mol. The first-order valence-corrected chi connectivity index (χ1v) is 7.84. The molecule has 0 aromatic carbocycles. The van der Waals surface area contributed by atoms with Crippen LogP contribution in [0.25, 0.3) is 0 Å². The van der Waals surface area contributed by atoms with E-state index in [1.54, 1.807) is 0 Å². The lowest BCUT2D eigenvalue weighted by Crippen LogP contribution is -2.34. The Bertz CT molecular complexity index is 539. The second-order valence-corrected chi connectivity index (χ2v) is 6.70. The molecule has 0 aliphatic heterocycles. The molecule has 0 unspecified atom stereocenters. The molecule has 0 radical (unpaired) electrons. The number of nitrogens with two attached hydrogens (primary N) is 1. The van der Waals surface area contributed by atoms with Gasteiger partial charge in [-0.2, -0.15) is 17.5 Å². The predicted octanol–water partition coefficient (Wildman–Crippen LogP) is 1.91. The Hall–Kier alpha value is -1.03. The molecule has 1 rings (SSSR count). The minimum Gasteiger partial charge on any atom is -0.382 e. The van der Waals surface area contributed by atoms with Gasteiger partial charge < -0.3 is 10.6 Å². The fourth-order valence-electron chi connectivity index (χ4n) is 1.47. The fourth-order valence-corrected chi connectivity index (χ4v) is 3.84. The lowest BCUT2D eigenvalue weighted by molar-refractivity contribution is -0.119. The molecule has 0 spiro atoms. The van der Waals surface area contributed by atoms with Crippen molar-refractivity contribution in [2.24, 2.45) is 0 Å². The topological polar surface area (TPSA) is 76.3 Å². The second-order valence-electron chi connectivity index (χ2n) is 3.73. The molecule has 0 aliphatic carbocycles. The lowest BCUT2D eigenvalue weighted by Gasteiger charge is -2.23. The van der Waals surface area contributed by atoms with E-state index in [1.165, 1.54) is 13.8 Å². The van der Waals surface area contributed by atoms with Crippen LogP contribution in [-0.4, -0.2) is 37.8 Å². The van der Waals surface area contributed by atoms with Crippen LogP contribution in [0, 0.1) is 0 Å². The quantitative estimate of drug-likeness (QED) is 0.897. The Morgan fingerprint density at radius 1 is 1.37 bits per heavy atom. The minimum atomic E-state index is -4.43. The number of nitrogens with zero attached hydrogens (tertiary/aromatic N) is 2. The normalized spacial score (nSPS) is 12.7. The standard InChI is InChI=1S/C9H14F3N3O2S2/c1-3-15(5-9(10,11)12)8-6(7(13)14-18-8)19(16,17)4-2/h3-5H2,1-2H3,(H2,13,14). The smallest absolute Gasteiger partial charge is 0.382 e. The van der Waals surface area contributed by atoms with E-state index in [0.717, 1.165) is 4.90 Å². The van der Waals surface area contributed by atoms with Crippen LogP contribution < -0.4 is 10.6 Å². The highest BCUT2D eigenvalue weighted by atomic mass is 32.2. The highest BCUT2D eigenvalue weighted by molar-refractivity contribution is 7.91. The molecule has 1 aromatic heterocycles. The van der Waals surface area contributed by atoms with Crippen LogP contribution in [0.3, 0.4) is 0 Å². The van der Waals surface area contributed by atoms with Gasteiger partial charge in [0, 0.05) is 6.54 Å².